The number of rotatable bonds is 4. The number of hydrogen-bond donors (Lipinski definition) is 1. The molecule has 3 aromatic carbocycles. The van der Waals surface area contributed by atoms with Gasteiger partial charge in [0, 0.05) is 38.0 Å². The summed E-state index contributed by atoms with van der Waals surface area (Å²) in [7, 11) is 0. The quantitative estimate of drug-likeness (QED) is 0.544. The zero-order valence-electron chi connectivity index (χ0n) is 14.2. The number of anilines is 1. The molecule has 3 aromatic rings. The van der Waals surface area contributed by atoms with Crippen molar-refractivity contribution < 1.29 is 9.53 Å². The highest BCUT2D eigenvalue weighted by Crippen LogP contribution is 2.34. The minimum atomic E-state index is -0.119. The first-order valence-electron chi connectivity index (χ1n) is 8.40. The fourth-order valence-corrected chi connectivity index (χ4v) is 3.43. The van der Waals surface area contributed by atoms with E-state index in [1.165, 1.54) is 0 Å². The third-order valence-electron chi connectivity index (χ3n) is 4.33. The fourth-order valence-electron chi connectivity index (χ4n) is 2.96. The van der Waals surface area contributed by atoms with Crippen LogP contribution in [0.4, 0.5) is 5.69 Å². The molecule has 0 fully saturated rings. The Bertz CT molecular complexity index is 1060. The van der Waals surface area contributed by atoms with Crippen LogP contribution in [0.1, 0.15) is 16.7 Å². The average molecular weight is 396 g/mol. The van der Waals surface area contributed by atoms with Crippen molar-refractivity contribution in [3.63, 3.8) is 0 Å². The molecule has 4 rings (SSSR count). The summed E-state index contributed by atoms with van der Waals surface area (Å²) in [6.07, 6.45) is 1.85. The Morgan fingerprint density at radius 2 is 1.74 bits per heavy atom. The second kappa shape index (κ2) is 7.47. The Balaban J connectivity index is 1.63. The van der Waals surface area contributed by atoms with E-state index in [9.17, 15) is 4.79 Å². The lowest BCUT2D eigenvalue weighted by Crippen LogP contribution is -2.04. The summed E-state index contributed by atoms with van der Waals surface area (Å²) < 4.78 is 5.97. The fraction of sp³-hybridized carbons (Fsp3) is 0.0455. The molecule has 0 saturated heterocycles. The van der Waals surface area contributed by atoms with Crippen LogP contribution in [0.5, 0.6) is 5.75 Å². The van der Waals surface area contributed by atoms with Gasteiger partial charge in [-0.05, 0) is 30.3 Å². The number of benzene rings is 3. The van der Waals surface area contributed by atoms with Gasteiger partial charge in [-0.25, -0.2) is 0 Å². The third-order valence-corrected chi connectivity index (χ3v) is 4.91. The van der Waals surface area contributed by atoms with Crippen molar-refractivity contribution in [2.45, 2.75) is 6.61 Å². The Morgan fingerprint density at radius 3 is 2.59 bits per heavy atom. The lowest BCUT2D eigenvalue weighted by atomic mass is 10.0. The van der Waals surface area contributed by atoms with Crippen LogP contribution in [0.2, 0.25) is 10.0 Å². The molecule has 134 valence electrons. The molecule has 0 saturated carbocycles. The van der Waals surface area contributed by atoms with Crippen LogP contribution >= 0.6 is 23.2 Å². The van der Waals surface area contributed by atoms with Crippen LogP contribution in [0, 0.1) is 0 Å². The van der Waals surface area contributed by atoms with Crippen LogP contribution in [0.3, 0.4) is 0 Å². The molecule has 0 atom stereocenters. The largest absolute Gasteiger partial charge is 0.488 e. The normalized spacial score (nSPS) is 14.1. The van der Waals surface area contributed by atoms with Crippen molar-refractivity contribution in [2.75, 3.05) is 5.32 Å². The number of para-hydroxylation sites is 2. The Morgan fingerprint density at radius 1 is 0.963 bits per heavy atom. The van der Waals surface area contributed by atoms with Crippen molar-refractivity contribution in [1.82, 2.24) is 0 Å². The second-order valence-corrected chi connectivity index (χ2v) is 6.96. The van der Waals surface area contributed by atoms with E-state index in [1.54, 1.807) is 12.1 Å². The third kappa shape index (κ3) is 3.70. The van der Waals surface area contributed by atoms with Crippen molar-refractivity contribution in [2.24, 2.45) is 0 Å². The minimum absolute atomic E-state index is 0.119. The maximum atomic E-state index is 12.4. The number of carbonyl (C=O) groups is 1. The number of ether oxygens (including phenoxy) is 1. The molecule has 0 unspecified atom stereocenters. The number of nitrogens with one attached hydrogen (secondary N) is 1. The molecule has 3 nitrogen and oxygen atoms in total. The number of amides is 1. The summed E-state index contributed by atoms with van der Waals surface area (Å²) in [6.45, 7) is 0.305. The van der Waals surface area contributed by atoms with Crippen LogP contribution < -0.4 is 10.1 Å². The average Bonchev–Trinajstić information content (AvgIpc) is 2.98. The number of hydrogen-bond acceptors (Lipinski definition) is 2. The van der Waals surface area contributed by atoms with E-state index in [4.69, 9.17) is 27.9 Å². The van der Waals surface area contributed by atoms with Gasteiger partial charge in [-0.2, -0.15) is 0 Å². The van der Waals surface area contributed by atoms with Gasteiger partial charge in [0.1, 0.15) is 12.4 Å². The number of halogens is 2. The van der Waals surface area contributed by atoms with Crippen LogP contribution in [0.25, 0.3) is 11.6 Å². The van der Waals surface area contributed by atoms with Crippen LogP contribution in [-0.2, 0) is 11.4 Å². The second-order valence-electron chi connectivity index (χ2n) is 6.12. The monoisotopic (exact) mass is 395 g/mol. The predicted octanol–water partition coefficient (Wildman–Crippen LogP) is 6.07. The number of carbonyl (C=O) groups excluding carboxylic acids is 1. The Labute approximate surface area is 167 Å². The van der Waals surface area contributed by atoms with Gasteiger partial charge in [-0.3, -0.25) is 4.79 Å². The van der Waals surface area contributed by atoms with Gasteiger partial charge in [-0.15, -0.1) is 0 Å². The lowest BCUT2D eigenvalue weighted by Gasteiger charge is -2.11. The van der Waals surface area contributed by atoms with E-state index in [-0.39, 0.29) is 5.91 Å². The van der Waals surface area contributed by atoms with Crippen molar-refractivity contribution >= 4 is 46.4 Å². The van der Waals surface area contributed by atoms with E-state index < -0.39 is 0 Å². The highest BCUT2D eigenvalue weighted by molar-refractivity contribution is 6.35. The van der Waals surface area contributed by atoms with Gasteiger partial charge >= 0.3 is 0 Å². The molecule has 0 spiro atoms. The number of fused-ring (bicyclic) bond motifs is 1. The molecule has 1 aliphatic rings. The zero-order valence-corrected chi connectivity index (χ0v) is 15.7. The molecule has 0 aliphatic carbocycles. The van der Waals surface area contributed by atoms with Gasteiger partial charge in [0.2, 0.25) is 0 Å². The molecule has 0 bridgehead atoms. The van der Waals surface area contributed by atoms with Gasteiger partial charge in [0.15, 0.2) is 0 Å². The van der Waals surface area contributed by atoms with Crippen molar-refractivity contribution in [3.8, 4) is 5.75 Å². The summed E-state index contributed by atoms with van der Waals surface area (Å²) in [5, 5.41) is 4.02. The summed E-state index contributed by atoms with van der Waals surface area (Å²) in [5.41, 5.74) is 3.99. The van der Waals surface area contributed by atoms with Gasteiger partial charge in [-0.1, -0.05) is 65.7 Å². The molecule has 0 aromatic heterocycles. The van der Waals surface area contributed by atoms with Crippen molar-refractivity contribution in [1.29, 1.82) is 0 Å². The maximum absolute atomic E-state index is 12.4. The van der Waals surface area contributed by atoms with E-state index in [0.717, 1.165) is 22.4 Å². The molecule has 0 radical (unpaired) electrons. The Kier molecular flexibility index (Phi) is 4.88. The lowest BCUT2D eigenvalue weighted by molar-refractivity contribution is -0.110. The molecule has 1 aliphatic heterocycles. The molecule has 5 heteroatoms. The van der Waals surface area contributed by atoms with Crippen LogP contribution in [-0.4, -0.2) is 5.91 Å². The standard InChI is InChI=1S/C22H15Cl2NO2/c23-16-10-9-15(19(24)12-16)13-27-21-8-4-1-5-14(21)11-18-17-6-2-3-7-20(17)25-22(18)26/h1-12H,13H2,(H,25,26)/b18-11-. The first-order chi connectivity index (χ1) is 13.1. The summed E-state index contributed by atoms with van der Waals surface area (Å²) in [5.74, 6) is 0.556. The summed E-state index contributed by atoms with van der Waals surface area (Å²) in [6, 6.07) is 20.5. The van der Waals surface area contributed by atoms with Crippen molar-refractivity contribution in [3.05, 3.63) is 93.5 Å². The van der Waals surface area contributed by atoms with Gasteiger partial charge < -0.3 is 10.1 Å². The highest BCUT2D eigenvalue weighted by Gasteiger charge is 2.23. The maximum Gasteiger partial charge on any atom is 0.256 e. The highest BCUT2D eigenvalue weighted by atomic mass is 35.5. The first-order valence-corrected chi connectivity index (χ1v) is 9.15. The summed E-state index contributed by atoms with van der Waals surface area (Å²) in [4.78, 5) is 12.4. The van der Waals surface area contributed by atoms with Crippen LogP contribution in [0.15, 0.2) is 66.7 Å². The summed E-state index contributed by atoms with van der Waals surface area (Å²) >= 11 is 12.2. The minimum Gasteiger partial charge on any atom is -0.488 e. The van der Waals surface area contributed by atoms with E-state index in [0.29, 0.717) is 28.0 Å². The Hall–Kier alpha value is -2.75. The molecular weight excluding hydrogens is 381 g/mol. The molecular formula is C22H15Cl2NO2. The zero-order chi connectivity index (χ0) is 18.8. The molecule has 1 heterocycles. The topological polar surface area (TPSA) is 38.3 Å². The SMILES string of the molecule is O=C1Nc2ccccc2/C1=C/c1ccccc1OCc1ccc(Cl)cc1Cl. The molecule has 27 heavy (non-hydrogen) atoms. The predicted molar refractivity (Wildman–Crippen MR) is 110 cm³/mol. The van der Waals surface area contributed by atoms with E-state index >= 15 is 0 Å². The van der Waals surface area contributed by atoms with Gasteiger partial charge in [0.05, 0.1) is 0 Å². The van der Waals surface area contributed by atoms with E-state index in [2.05, 4.69) is 5.32 Å². The smallest absolute Gasteiger partial charge is 0.256 e. The molecule has 1 N–H and O–H groups in total. The van der Waals surface area contributed by atoms with E-state index in [1.807, 2.05) is 60.7 Å². The van der Waals surface area contributed by atoms with Gasteiger partial charge in [0.25, 0.3) is 5.91 Å². The first kappa shape index (κ1) is 17.7. The molecule has 1 amide bonds.